The summed E-state index contributed by atoms with van der Waals surface area (Å²) >= 11 is 0. The molecule has 2 aromatic carbocycles. The fourth-order valence-electron chi connectivity index (χ4n) is 4.06. The Morgan fingerprint density at radius 2 is 1.80 bits per heavy atom. The maximum absolute atomic E-state index is 12.7. The number of anilines is 2. The number of nitrogens with zero attached hydrogens (tertiary/aromatic N) is 2. The van der Waals surface area contributed by atoms with Gasteiger partial charge in [-0.25, -0.2) is 0 Å². The number of ether oxygens (including phenoxy) is 1. The predicted molar refractivity (Wildman–Crippen MR) is 118 cm³/mol. The number of carbonyl (C=O) groups excluding carboxylic acids is 2. The quantitative estimate of drug-likeness (QED) is 0.799. The van der Waals surface area contributed by atoms with Crippen LogP contribution in [0.25, 0.3) is 0 Å². The van der Waals surface area contributed by atoms with Crippen LogP contribution >= 0.6 is 0 Å². The van der Waals surface area contributed by atoms with Crippen LogP contribution in [0.15, 0.2) is 42.5 Å². The van der Waals surface area contributed by atoms with Crippen molar-refractivity contribution in [3.63, 3.8) is 0 Å². The summed E-state index contributed by atoms with van der Waals surface area (Å²) < 4.78 is 5.39. The molecule has 0 radical (unpaired) electrons. The molecular weight excluding hydrogens is 378 g/mol. The minimum absolute atomic E-state index is 0.125. The van der Waals surface area contributed by atoms with E-state index in [0.29, 0.717) is 18.5 Å². The molecule has 1 saturated heterocycles. The normalized spacial score (nSPS) is 16.4. The molecule has 0 spiro atoms. The third kappa shape index (κ3) is 4.71. The van der Waals surface area contributed by atoms with Gasteiger partial charge in [0, 0.05) is 49.5 Å². The molecule has 0 aromatic heterocycles. The predicted octanol–water partition coefficient (Wildman–Crippen LogP) is 3.11. The first-order valence-corrected chi connectivity index (χ1v) is 10.8. The lowest BCUT2D eigenvalue weighted by Crippen LogP contribution is -2.37. The summed E-state index contributed by atoms with van der Waals surface area (Å²) in [6, 6.07) is 13.7. The second-order valence-electron chi connectivity index (χ2n) is 7.85. The number of amides is 2. The molecule has 1 fully saturated rings. The second kappa shape index (κ2) is 9.41. The van der Waals surface area contributed by atoms with Gasteiger partial charge in [0.2, 0.25) is 5.91 Å². The molecule has 2 heterocycles. The zero-order valence-corrected chi connectivity index (χ0v) is 17.5. The molecule has 2 aliphatic rings. The lowest BCUT2D eigenvalue weighted by molar-refractivity contribution is -0.118. The fraction of sp³-hybridized carbons (Fsp3) is 0.417. The van der Waals surface area contributed by atoms with E-state index in [1.165, 1.54) is 5.56 Å². The topological polar surface area (TPSA) is 61.9 Å². The molecule has 0 aliphatic carbocycles. The minimum atomic E-state index is -0.126. The van der Waals surface area contributed by atoms with Crippen molar-refractivity contribution in [3.8, 4) is 0 Å². The maximum atomic E-state index is 12.7. The lowest BCUT2D eigenvalue weighted by atomic mass is 10.1. The van der Waals surface area contributed by atoms with Gasteiger partial charge < -0.3 is 15.0 Å². The lowest BCUT2D eigenvalue weighted by Gasteiger charge is -2.26. The molecule has 0 bridgehead atoms. The Labute approximate surface area is 177 Å². The van der Waals surface area contributed by atoms with Crippen LogP contribution < -0.4 is 10.2 Å². The third-order valence-corrected chi connectivity index (χ3v) is 5.87. The molecule has 6 heteroatoms. The minimum Gasteiger partial charge on any atom is -0.379 e. The monoisotopic (exact) mass is 407 g/mol. The van der Waals surface area contributed by atoms with E-state index in [1.807, 2.05) is 36.1 Å². The van der Waals surface area contributed by atoms with E-state index < -0.39 is 0 Å². The highest BCUT2D eigenvalue weighted by atomic mass is 16.5. The summed E-state index contributed by atoms with van der Waals surface area (Å²) in [4.78, 5) is 29.0. The number of hydrogen-bond acceptors (Lipinski definition) is 4. The van der Waals surface area contributed by atoms with Gasteiger partial charge in [-0.15, -0.1) is 0 Å². The highest BCUT2D eigenvalue weighted by Gasteiger charge is 2.24. The van der Waals surface area contributed by atoms with Crippen molar-refractivity contribution in [1.82, 2.24) is 4.90 Å². The average Bonchev–Trinajstić information content (AvgIpc) is 3.22. The molecule has 6 nitrogen and oxygen atoms in total. The molecular formula is C24H29N3O3. The second-order valence-corrected chi connectivity index (χ2v) is 7.85. The first kappa shape index (κ1) is 20.6. The Bertz CT molecular complexity index is 904. The Morgan fingerprint density at radius 1 is 1.03 bits per heavy atom. The van der Waals surface area contributed by atoms with Crippen LogP contribution in [0.3, 0.4) is 0 Å². The zero-order chi connectivity index (χ0) is 20.9. The van der Waals surface area contributed by atoms with Crippen molar-refractivity contribution in [2.24, 2.45) is 0 Å². The van der Waals surface area contributed by atoms with Gasteiger partial charge in [0.15, 0.2) is 0 Å². The van der Waals surface area contributed by atoms with Gasteiger partial charge in [-0.05, 0) is 54.3 Å². The van der Waals surface area contributed by atoms with Gasteiger partial charge in [-0.3, -0.25) is 14.5 Å². The highest BCUT2D eigenvalue weighted by Crippen LogP contribution is 2.29. The summed E-state index contributed by atoms with van der Waals surface area (Å²) in [5.74, 6) is -0.00111. The van der Waals surface area contributed by atoms with Crippen LogP contribution in [0.2, 0.25) is 0 Å². The zero-order valence-electron chi connectivity index (χ0n) is 17.5. The van der Waals surface area contributed by atoms with Gasteiger partial charge in [0.25, 0.3) is 5.91 Å². The molecule has 0 atom stereocenters. The molecule has 2 aromatic rings. The number of fused-ring (bicyclic) bond motifs is 1. The van der Waals surface area contributed by atoms with E-state index >= 15 is 0 Å². The molecule has 4 rings (SSSR count). The van der Waals surface area contributed by atoms with Crippen LogP contribution in [0.4, 0.5) is 11.4 Å². The molecule has 0 saturated carbocycles. The average molecular weight is 408 g/mol. The maximum Gasteiger partial charge on any atom is 0.255 e. The summed E-state index contributed by atoms with van der Waals surface area (Å²) in [7, 11) is 0. The summed E-state index contributed by atoms with van der Waals surface area (Å²) in [5, 5.41) is 2.98. The standard InChI is InChI=1S/C24H29N3O3/c1-2-23(28)27-12-10-19-17-20(5-8-22(19)27)24(29)25-21-6-3-18(4-7-21)9-11-26-13-15-30-16-14-26/h3-8,17H,2,9-16H2,1H3,(H,25,29). The van der Waals surface area contributed by atoms with E-state index in [-0.39, 0.29) is 11.8 Å². The van der Waals surface area contributed by atoms with Gasteiger partial charge >= 0.3 is 0 Å². The van der Waals surface area contributed by atoms with E-state index in [9.17, 15) is 9.59 Å². The molecule has 2 amide bonds. The first-order valence-electron chi connectivity index (χ1n) is 10.8. The first-order chi connectivity index (χ1) is 14.6. The number of rotatable bonds is 6. The SMILES string of the molecule is CCC(=O)N1CCc2cc(C(=O)Nc3ccc(CCN4CCOCC4)cc3)ccc21. The van der Waals surface area contributed by atoms with Crippen LogP contribution in [-0.2, 0) is 22.4 Å². The molecule has 2 aliphatic heterocycles. The van der Waals surface area contributed by atoms with E-state index in [1.54, 1.807) is 6.07 Å². The van der Waals surface area contributed by atoms with E-state index in [2.05, 4.69) is 22.3 Å². The summed E-state index contributed by atoms with van der Waals surface area (Å²) in [6.45, 7) is 7.23. The summed E-state index contributed by atoms with van der Waals surface area (Å²) in [6.07, 6.45) is 2.27. The number of nitrogens with one attached hydrogen (secondary N) is 1. The largest absolute Gasteiger partial charge is 0.379 e. The Balaban J connectivity index is 1.34. The number of morpholine rings is 1. The Hall–Kier alpha value is -2.70. The molecule has 158 valence electrons. The van der Waals surface area contributed by atoms with Crippen LogP contribution in [0.1, 0.15) is 34.8 Å². The van der Waals surface area contributed by atoms with Crippen LogP contribution in [0, 0.1) is 0 Å². The molecule has 0 unspecified atom stereocenters. The summed E-state index contributed by atoms with van der Waals surface area (Å²) in [5.41, 5.74) is 4.66. The molecule has 1 N–H and O–H groups in total. The number of hydrogen-bond donors (Lipinski definition) is 1. The smallest absolute Gasteiger partial charge is 0.255 e. The van der Waals surface area contributed by atoms with Gasteiger partial charge in [0.05, 0.1) is 13.2 Å². The molecule has 30 heavy (non-hydrogen) atoms. The van der Waals surface area contributed by atoms with Crippen molar-refractivity contribution in [2.45, 2.75) is 26.2 Å². The van der Waals surface area contributed by atoms with Gasteiger partial charge in [0.1, 0.15) is 0 Å². The Kier molecular flexibility index (Phi) is 6.45. The number of benzene rings is 2. The van der Waals surface area contributed by atoms with Crippen LogP contribution in [0.5, 0.6) is 0 Å². The van der Waals surface area contributed by atoms with Crippen molar-refractivity contribution in [2.75, 3.05) is 49.6 Å². The van der Waals surface area contributed by atoms with Crippen molar-refractivity contribution < 1.29 is 14.3 Å². The van der Waals surface area contributed by atoms with E-state index in [4.69, 9.17) is 4.74 Å². The number of carbonyl (C=O) groups is 2. The van der Waals surface area contributed by atoms with Gasteiger partial charge in [-0.2, -0.15) is 0 Å². The van der Waals surface area contributed by atoms with E-state index in [0.717, 1.165) is 62.6 Å². The highest BCUT2D eigenvalue weighted by molar-refractivity contribution is 6.05. The van der Waals surface area contributed by atoms with Crippen molar-refractivity contribution in [1.29, 1.82) is 0 Å². The van der Waals surface area contributed by atoms with Crippen molar-refractivity contribution >= 4 is 23.2 Å². The third-order valence-electron chi connectivity index (χ3n) is 5.87. The van der Waals surface area contributed by atoms with Gasteiger partial charge in [-0.1, -0.05) is 19.1 Å². The van der Waals surface area contributed by atoms with Crippen LogP contribution in [-0.4, -0.2) is 56.1 Å². The Morgan fingerprint density at radius 3 is 2.53 bits per heavy atom. The fourth-order valence-corrected chi connectivity index (χ4v) is 4.06. The van der Waals surface area contributed by atoms with Crippen molar-refractivity contribution in [3.05, 3.63) is 59.2 Å².